The molecule has 2 fully saturated rings. The van der Waals surface area contributed by atoms with E-state index < -0.39 is 11.9 Å². The zero-order chi connectivity index (χ0) is 16.7. The van der Waals surface area contributed by atoms with E-state index in [1.54, 1.807) is 4.90 Å². The minimum absolute atomic E-state index is 0.0250. The standard InChI is InChI=1S/C17H24N2O4/c1-9(16-10(2)18-23-11(16)3)6-15(20)19-7-13(12-4-5-12)14(8-19)17(21)22/h9,12-14H,4-8H2,1-3H3,(H,21,22)/t9?,13-,14+/m1/s1. The topological polar surface area (TPSA) is 83.6 Å². The Kier molecular flexibility index (Phi) is 4.17. The molecule has 1 aliphatic carbocycles. The Hall–Kier alpha value is -1.85. The fraction of sp³-hybridized carbons (Fsp3) is 0.706. The van der Waals surface area contributed by atoms with Crippen LogP contribution < -0.4 is 0 Å². The summed E-state index contributed by atoms with van der Waals surface area (Å²) >= 11 is 0. The van der Waals surface area contributed by atoms with Crippen molar-refractivity contribution in [2.75, 3.05) is 13.1 Å². The maximum absolute atomic E-state index is 12.6. The SMILES string of the molecule is Cc1noc(C)c1C(C)CC(=O)N1C[C@H](C(=O)O)[C@@H](C2CC2)C1. The molecule has 6 nitrogen and oxygen atoms in total. The maximum atomic E-state index is 12.6. The van der Waals surface area contributed by atoms with Gasteiger partial charge in [0.15, 0.2) is 0 Å². The van der Waals surface area contributed by atoms with Gasteiger partial charge in [-0.1, -0.05) is 12.1 Å². The molecule has 1 aliphatic heterocycles. The summed E-state index contributed by atoms with van der Waals surface area (Å²) < 4.78 is 5.18. The minimum atomic E-state index is -0.768. The predicted octanol–water partition coefficient (Wildman–Crippen LogP) is 2.35. The number of aryl methyl sites for hydroxylation is 2. The van der Waals surface area contributed by atoms with Crippen molar-refractivity contribution in [3.63, 3.8) is 0 Å². The van der Waals surface area contributed by atoms with Gasteiger partial charge in [-0.05, 0) is 44.4 Å². The molecule has 1 aromatic heterocycles. The highest BCUT2D eigenvalue weighted by atomic mass is 16.5. The van der Waals surface area contributed by atoms with Crippen molar-refractivity contribution < 1.29 is 19.2 Å². The number of aromatic nitrogens is 1. The van der Waals surface area contributed by atoms with E-state index in [4.69, 9.17) is 4.52 Å². The second-order valence-corrected chi connectivity index (χ2v) is 7.09. The molecule has 1 amide bonds. The first-order valence-corrected chi connectivity index (χ1v) is 8.31. The molecule has 2 aliphatic rings. The van der Waals surface area contributed by atoms with E-state index in [2.05, 4.69) is 5.16 Å². The minimum Gasteiger partial charge on any atom is -0.481 e. The van der Waals surface area contributed by atoms with E-state index in [0.29, 0.717) is 25.4 Å². The van der Waals surface area contributed by atoms with Crippen LogP contribution >= 0.6 is 0 Å². The molecule has 6 heteroatoms. The Morgan fingerprint density at radius 1 is 1.35 bits per heavy atom. The van der Waals surface area contributed by atoms with Crippen molar-refractivity contribution in [1.29, 1.82) is 0 Å². The van der Waals surface area contributed by atoms with Crippen LogP contribution in [0.3, 0.4) is 0 Å². The van der Waals surface area contributed by atoms with Gasteiger partial charge in [0.05, 0.1) is 11.6 Å². The fourth-order valence-corrected chi connectivity index (χ4v) is 3.98. The van der Waals surface area contributed by atoms with Gasteiger partial charge < -0.3 is 14.5 Å². The molecular weight excluding hydrogens is 296 g/mol. The van der Waals surface area contributed by atoms with Gasteiger partial charge in [-0.2, -0.15) is 0 Å². The normalized spacial score (nSPS) is 25.6. The van der Waals surface area contributed by atoms with E-state index in [0.717, 1.165) is 29.9 Å². The lowest BCUT2D eigenvalue weighted by Gasteiger charge is -2.19. The quantitative estimate of drug-likeness (QED) is 0.900. The van der Waals surface area contributed by atoms with Gasteiger partial charge in [-0.3, -0.25) is 9.59 Å². The second-order valence-electron chi connectivity index (χ2n) is 7.09. The lowest BCUT2D eigenvalue weighted by Crippen LogP contribution is -2.30. The Balaban J connectivity index is 1.65. The Morgan fingerprint density at radius 3 is 2.57 bits per heavy atom. The number of carbonyl (C=O) groups is 2. The molecule has 1 aromatic rings. The molecule has 126 valence electrons. The summed E-state index contributed by atoms with van der Waals surface area (Å²) in [7, 11) is 0. The third kappa shape index (κ3) is 3.12. The molecule has 3 atom stereocenters. The van der Waals surface area contributed by atoms with Crippen LogP contribution in [0.25, 0.3) is 0 Å². The molecule has 23 heavy (non-hydrogen) atoms. The summed E-state index contributed by atoms with van der Waals surface area (Å²) in [6, 6.07) is 0. The van der Waals surface area contributed by atoms with Crippen molar-refractivity contribution in [1.82, 2.24) is 10.1 Å². The van der Waals surface area contributed by atoms with E-state index in [-0.39, 0.29) is 17.7 Å². The number of nitrogens with zero attached hydrogens (tertiary/aromatic N) is 2. The summed E-state index contributed by atoms with van der Waals surface area (Å²) in [5, 5.41) is 13.3. The molecule has 1 saturated carbocycles. The molecule has 1 unspecified atom stereocenters. The number of carboxylic acids is 1. The Labute approximate surface area is 135 Å². The number of carboxylic acid groups (broad SMARTS) is 1. The summed E-state index contributed by atoms with van der Waals surface area (Å²) in [5.74, 6) is 0.267. The van der Waals surface area contributed by atoms with Gasteiger partial charge in [-0.15, -0.1) is 0 Å². The first-order valence-electron chi connectivity index (χ1n) is 8.31. The zero-order valence-corrected chi connectivity index (χ0v) is 13.9. The molecule has 3 rings (SSSR count). The third-order valence-corrected chi connectivity index (χ3v) is 5.32. The highest BCUT2D eigenvalue weighted by Crippen LogP contribution is 2.44. The van der Waals surface area contributed by atoms with E-state index in [1.807, 2.05) is 20.8 Å². The second kappa shape index (κ2) is 5.98. The van der Waals surface area contributed by atoms with Crippen molar-refractivity contribution in [2.45, 2.75) is 46.0 Å². The Bertz CT molecular complexity index is 601. The number of amides is 1. The van der Waals surface area contributed by atoms with Gasteiger partial charge in [-0.25, -0.2) is 0 Å². The highest BCUT2D eigenvalue weighted by molar-refractivity contribution is 5.79. The van der Waals surface area contributed by atoms with Crippen LogP contribution in [-0.2, 0) is 9.59 Å². The summed E-state index contributed by atoms with van der Waals surface area (Å²) in [4.78, 5) is 25.8. The molecule has 1 N–H and O–H groups in total. The molecule has 0 radical (unpaired) electrons. The monoisotopic (exact) mass is 320 g/mol. The average molecular weight is 320 g/mol. The van der Waals surface area contributed by atoms with Crippen LogP contribution in [0.1, 0.15) is 49.1 Å². The van der Waals surface area contributed by atoms with Crippen molar-refractivity contribution in [3.8, 4) is 0 Å². The molecule has 0 aromatic carbocycles. The third-order valence-electron chi connectivity index (χ3n) is 5.32. The van der Waals surface area contributed by atoms with Crippen LogP contribution in [0.2, 0.25) is 0 Å². The van der Waals surface area contributed by atoms with Gasteiger partial charge in [0.2, 0.25) is 5.91 Å². The van der Waals surface area contributed by atoms with E-state index >= 15 is 0 Å². The van der Waals surface area contributed by atoms with Gasteiger partial charge in [0.25, 0.3) is 0 Å². The molecular formula is C17H24N2O4. The molecule has 1 saturated heterocycles. The average Bonchev–Trinajstić information content (AvgIpc) is 3.13. The number of hydrogen-bond acceptors (Lipinski definition) is 4. The maximum Gasteiger partial charge on any atom is 0.308 e. The van der Waals surface area contributed by atoms with Crippen LogP contribution in [0.5, 0.6) is 0 Å². The van der Waals surface area contributed by atoms with Gasteiger partial charge >= 0.3 is 5.97 Å². The van der Waals surface area contributed by atoms with E-state index in [1.165, 1.54) is 0 Å². The summed E-state index contributed by atoms with van der Waals surface area (Å²) in [6.07, 6.45) is 2.57. The molecule has 2 heterocycles. The smallest absolute Gasteiger partial charge is 0.308 e. The molecule has 0 spiro atoms. The van der Waals surface area contributed by atoms with Crippen LogP contribution in [0.15, 0.2) is 4.52 Å². The number of carbonyl (C=O) groups excluding carboxylic acids is 1. The number of hydrogen-bond donors (Lipinski definition) is 1. The van der Waals surface area contributed by atoms with Crippen LogP contribution in [0.4, 0.5) is 0 Å². The summed E-state index contributed by atoms with van der Waals surface area (Å²) in [6.45, 7) is 6.67. The van der Waals surface area contributed by atoms with Crippen molar-refractivity contribution >= 4 is 11.9 Å². The van der Waals surface area contributed by atoms with Crippen molar-refractivity contribution in [2.24, 2.45) is 17.8 Å². The van der Waals surface area contributed by atoms with Crippen LogP contribution in [0, 0.1) is 31.6 Å². The highest BCUT2D eigenvalue weighted by Gasteiger charge is 2.46. The predicted molar refractivity (Wildman–Crippen MR) is 82.9 cm³/mol. The number of aliphatic carboxylic acids is 1. The summed E-state index contributed by atoms with van der Waals surface area (Å²) in [5.41, 5.74) is 1.81. The van der Waals surface area contributed by atoms with E-state index in [9.17, 15) is 14.7 Å². The number of likely N-dealkylation sites (tertiary alicyclic amines) is 1. The first kappa shape index (κ1) is 16.0. The van der Waals surface area contributed by atoms with Gasteiger partial charge in [0, 0.05) is 25.1 Å². The largest absolute Gasteiger partial charge is 0.481 e. The number of rotatable bonds is 5. The fourth-order valence-electron chi connectivity index (χ4n) is 3.98. The van der Waals surface area contributed by atoms with Crippen molar-refractivity contribution in [3.05, 3.63) is 17.0 Å². The zero-order valence-electron chi connectivity index (χ0n) is 13.9. The lowest BCUT2D eigenvalue weighted by atomic mass is 9.92. The molecule has 0 bridgehead atoms. The first-order chi connectivity index (χ1) is 10.9. The lowest BCUT2D eigenvalue weighted by molar-refractivity contribution is -0.142. The Morgan fingerprint density at radius 2 is 2.04 bits per heavy atom. The van der Waals surface area contributed by atoms with Gasteiger partial charge in [0.1, 0.15) is 5.76 Å². The van der Waals surface area contributed by atoms with Crippen LogP contribution in [-0.4, -0.2) is 40.1 Å².